The van der Waals surface area contributed by atoms with E-state index in [4.69, 9.17) is 9.84 Å². The molecule has 0 aliphatic heterocycles. The summed E-state index contributed by atoms with van der Waals surface area (Å²) in [6, 6.07) is 5.66. The minimum absolute atomic E-state index is 0.108. The topological polar surface area (TPSA) is 75.6 Å². The molecule has 1 unspecified atom stereocenters. The SMILES string of the molecule is CCCC(CNC(=O)COc1cccc(C)c1C)C(=O)O. The zero-order valence-corrected chi connectivity index (χ0v) is 12.8. The third-order valence-electron chi connectivity index (χ3n) is 3.45. The molecule has 0 bridgehead atoms. The molecule has 1 amide bonds. The van der Waals surface area contributed by atoms with Gasteiger partial charge >= 0.3 is 5.97 Å². The van der Waals surface area contributed by atoms with E-state index in [0.717, 1.165) is 17.5 Å². The van der Waals surface area contributed by atoms with Crippen LogP contribution in [0.3, 0.4) is 0 Å². The molecule has 116 valence electrons. The normalized spacial score (nSPS) is 11.8. The van der Waals surface area contributed by atoms with Crippen molar-refractivity contribution in [1.29, 1.82) is 0 Å². The van der Waals surface area contributed by atoms with Crippen LogP contribution in [0, 0.1) is 19.8 Å². The zero-order chi connectivity index (χ0) is 15.8. The van der Waals surface area contributed by atoms with Gasteiger partial charge in [-0.2, -0.15) is 0 Å². The quantitative estimate of drug-likeness (QED) is 0.771. The Morgan fingerprint density at radius 3 is 2.67 bits per heavy atom. The Morgan fingerprint density at radius 1 is 1.33 bits per heavy atom. The zero-order valence-electron chi connectivity index (χ0n) is 12.8. The van der Waals surface area contributed by atoms with Crippen molar-refractivity contribution in [1.82, 2.24) is 5.32 Å². The fraction of sp³-hybridized carbons (Fsp3) is 0.500. The fourth-order valence-corrected chi connectivity index (χ4v) is 1.97. The van der Waals surface area contributed by atoms with Gasteiger partial charge in [-0.05, 0) is 37.5 Å². The van der Waals surface area contributed by atoms with Gasteiger partial charge in [0.05, 0.1) is 5.92 Å². The highest BCUT2D eigenvalue weighted by Gasteiger charge is 2.17. The molecule has 5 nitrogen and oxygen atoms in total. The molecule has 0 heterocycles. The highest BCUT2D eigenvalue weighted by molar-refractivity contribution is 5.78. The van der Waals surface area contributed by atoms with Crippen LogP contribution < -0.4 is 10.1 Å². The first-order chi connectivity index (χ1) is 9.95. The lowest BCUT2D eigenvalue weighted by molar-refractivity contribution is -0.142. The lowest BCUT2D eigenvalue weighted by Crippen LogP contribution is -2.35. The lowest BCUT2D eigenvalue weighted by Gasteiger charge is -2.14. The first kappa shape index (κ1) is 17.0. The number of carbonyl (C=O) groups is 2. The van der Waals surface area contributed by atoms with E-state index >= 15 is 0 Å². The number of hydrogen-bond acceptors (Lipinski definition) is 3. The summed E-state index contributed by atoms with van der Waals surface area (Å²) in [6.45, 7) is 5.86. The summed E-state index contributed by atoms with van der Waals surface area (Å²) in [5.74, 6) is -1.06. The van der Waals surface area contributed by atoms with E-state index in [1.165, 1.54) is 0 Å². The number of ether oxygens (including phenoxy) is 1. The fourth-order valence-electron chi connectivity index (χ4n) is 1.97. The molecule has 1 aromatic rings. The van der Waals surface area contributed by atoms with Crippen molar-refractivity contribution in [2.24, 2.45) is 5.92 Å². The van der Waals surface area contributed by atoms with E-state index in [9.17, 15) is 9.59 Å². The molecule has 0 aliphatic rings. The number of carboxylic acids is 1. The van der Waals surface area contributed by atoms with E-state index in [0.29, 0.717) is 12.2 Å². The van der Waals surface area contributed by atoms with Gasteiger partial charge in [0.1, 0.15) is 5.75 Å². The highest BCUT2D eigenvalue weighted by Crippen LogP contribution is 2.20. The maximum Gasteiger partial charge on any atom is 0.308 e. The number of carboxylic acid groups (broad SMARTS) is 1. The van der Waals surface area contributed by atoms with Crippen LogP contribution in [0.4, 0.5) is 0 Å². The van der Waals surface area contributed by atoms with Crippen LogP contribution in [-0.4, -0.2) is 30.1 Å². The second-order valence-electron chi connectivity index (χ2n) is 5.11. The third kappa shape index (κ3) is 5.45. The van der Waals surface area contributed by atoms with Crippen LogP contribution in [0.1, 0.15) is 30.9 Å². The number of carbonyl (C=O) groups excluding carboxylic acids is 1. The van der Waals surface area contributed by atoms with Crippen LogP contribution in [0.2, 0.25) is 0 Å². The molecule has 0 aromatic heterocycles. The Morgan fingerprint density at radius 2 is 2.05 bits per heavy atom. The Kier molecular flexibility index (Phi) is 6.72. The molecule has 21 heavy (non-hydrogen) atoms. The van der Waals surface area contributed by atoms with Gasteiger partial charge < -0.3 is 15.2 Å². The molecular formula is C16H23NO4. The third-order valence-corrected chi connectivity index (χ3v) is 3.45. The van der Waals surface area contributed by atoms with E-state index in [1.807, 2.05) is 39.0 Å². The summed E-state index contributed by atoms with van der Waals surface area (Å²) in [5.41, 5.74) is 2.10. The molecule has 1 atom stereocenters. The van der Waals surface area contributed by atoms with Crippen LogP contribution in [0.15, 0.2) is 18.2 Å². The molecule has 0 saturated heterocycles. The number of hydrogen-bond donors (Lipinski definition) is 2. The van der Waals surface area contributed by atoms with E-state index in [1.54, 1.807) is 0 Å². The molecule has 0 spiro atoms. The molecule has 1 aromatic carbocycles. The smallest absolute Gasteiger partial charge is 0.308 e. The molecular weight excluding hydrogens is 270 g/mol. The highest BCUT2D eigenvalue weighted by atomic mass is 16.5. The molecule has 5 heteroatoms. The van der Waals surface area contributed by atoms with Crippen molar-refractivity contribution in [2.75, 3.05) is 13.2 Å². The predicted molar refractivity (Wildman–Crippen MR) is 80.5 cm³/mol. The molecule has 0 aliphatic carbocycles. The van der Waals surface area contributed by atoms with Crippen LogP contribution >= 0.6 is 0 Å². The molecule has 0 radical (unpaired) electrons. The van der Waals surface area contributed by atoms with Crippen molar-refractivity contribution in [3.63, 3.8) is 0 Å². The molecule has 0 fully saturated rings. The van der Waals surface area contributed by atoms with Crippen molar-refractivity contribution in [3.05, 3.63) is 29.3 Å². The number of nitrogens with one attached hydrogen (secondary N) is 1. The summed E-state index contributed by atoms with van der Waals surface area (Å²) < 4.78 is 5.47. The average molecular weight is 293 g/mol. The predicted octanol–water partition coefficient (Wildman–Crippen LogP) is 2.30. The van der Waals surface area contributed by atoms with Gasteiger partial charge in [-0.1, -0.05) is 25.5 Å². The number of aliphatic carboxylic acids is 1. The van der Waals surface area contributed by atoms with E-state index < -0.39 is 11.9 Å². The summed E-state index contributed by atoms with van der Waals surface area (Å²) in [5, 5.41) is 11.6. The average Bonchev–Trinajstić information content (AvgIpc) is 2.44. The van der Waals surface area contributed by atoms with Crippen LogP contribution in [-0.2, 0) is 9.59 Å². The Hall–Kier alpha value is -2.04. The molecule has 0 saturated carbocycles. The van der Waals surface area contributed by atoms with Gasteiger partial charge in [0.15, 0.2) is 6.61 Å². The summed E-state index contributed by atoms with van der Waals surface area (Å²) >= 11 is 0. The first-order valence-electron chi connectivity index (χ1n) is 7.14. The maximum absolute atomic E-state index is 11.7. The number of amides is 1. The van der Waals surface area contributed by atoms with Crippen molar-refractivity contribution in [2.45, 2.75) is 33.6 Å². The monoisotopic (exact) mass is 293 g/mol. The molecule has 1 rings (SSSR count). The van der Waals surface area contributed by atoms with Gasteiger partial charge in [-0.25, -0.2) is 0 Å². The second-order valence-corrected chi connectivity index (χ2v) is 5.11. The van der Waals surface area contributed by atoms with Crippen molar-refractivity contribution < 1.29 is 19.4 Å². The summed E-state index contributed by atoms with van der Waals surface area (Å²) in [4.78, 5) is 22.7. The van der Waals surface area contributed by atoms with Crippen LogP contribution in [0.25, 0.3) is 0 Å². The lowest BCUT2D eigenvalue weighted by atomic mass is 10.0. The van der Waals surface area contributed by atoms with Crippen molar-refractivity contribution >= 4 is 11.9 Å². The van der Waals surface area contributed by atoms with Gasteiger partial charge in [0, 0.05) is 6.54 Å². The van der Waals surface area contributed by atoms with Gasteiger partial charge in [0.25, 0.3) is 5.91 Å². The van der Waals surface area contributed by atoms with Gasteiger partial charge in [-0.3, -0.25) is 9.59 Å². The Bertz CT molecular complexity index is 499. The van der Waals surface area contributed by atoms with Gasteiger partial charge in [0.2, 0.25) is 0 Å². The summed E-state index contributed by atoms with van der Waals surface area (Å²) in [6.07, 6.45) is 1.32. The minimum Gasteiger partial charge on any atom is -0.483 e. The standard InChI is InChI=1S/C16H23NO4/c1-4-6-13(16(19)20)9-17-15(18)10-21-14-8-5-7-11(2)12(14)3/h5,7-8,13H,4,6,9-10H2,1-3H3,(H,17,18)(H,19,20). The largest absolute Gasteiger partial charge is 0.483 e. The maximum atomic E-state index is 11.7. The molecule has 2 N–H and O–H groups in total. The Labute approximate surface area is 125 Å². The second kappa shape index (κ2) is 8.29. The minimum atomic E-state index is -0.882. The number of benzene rings is 1. The van der Waals surface area contributed by atoms with E-state index in [-0.39, 0.29) is 19.1 Å². The van der Waals surface area contributed by atoms with E-state index in [2.05, 4.69) is 5.32 Å². The van der Waals surface area contributed by atoms with Crippen LogP contribution in [0.5, 0.6) is 5.75 Å². The number of rotatable bonds is 8. The first-order valence-corrected chi connectivity index (χ1v) is 7.14. The Balaban J connectivity index is 2.44. The van der Waals surface area contributed by atoms with Crippen molar-refractivity contribution in [3.8, 4) is 5.75 Å². The number of aryl methyl sites for hydroxylation is 1. The summed E-state index contributed by atoms with van der Waals surface area (Å²) in [7, 11) is 0. The van der Waals surface area contributed by atoms with Gasteiger partial charge in [-0.15, -0.1) is 0 Å².